The van der Waals surface area contributed by atoms with Crippen molar-refractivity contribution in [3.63, 3.8) is 0 Å². The van der Waals surface area contributed by atoms with Gasteiger partial charge in [0.1, 0.15) is 0 Å². The van der Waals surface area contributed by atoms with E-state index in [1.165, 1.54) is 0 Å². The Morgan fingerprint density at radius 1 is 1.39 bits per heavy atom. The lowest BCUT2D eigenvalue weighted by Crippen LogP contribution is -2.08. The van der Waals surface area contributed by atoms with Gasteiger partial charge in [-0.3, -0.25) is 0 Å². The van der Waals surface area contributed by atoms with Gasteiger partial charge in [-0.1, -0.05) is 18.2 Å². The molecule has 2 aromatic rings. The topological polar surface area (TPSA) is 70.1 Å². The number of ether oxygens (including phenoxy) is 1. The number of benzene rings is 1. The van der Waals surface area contributed by atoms with Gasteiger partial charge in [-0.15, -0.1) is 12.4 Å². The van der Waals surface area contributed by atoms with Crippen molar-refractivity contribution in [3.05, 3.63) is 42.2 Å². The van der Waals surface area contributed by atoms with Crippen molar-refractivity contribution >= 4 is 24.1 Å². The summed E-state index contributed by atoms with van der Waals surface area (Å²) in [7, 11) is 0. The number of rotatable bonds is 3. The summed E-state index contributed by atoms with van der Waals surface area (Å²) in [5, 5.41) is 4.12. The summed E-state index contributed by atoms with van der Waals surface area (Å²) in [5.41, 5.74) is 7.03. The molecule has 0 aliphatic rings. The lowest BCUT2D eigenvalue weighted by atomic mass is 10.3. The molecule has 0 fully saturated rings. The van der Waals surface area contributed by atoms with Gasteiger partial charge in [0, 0.05) is 0 Å². The first kappa shape index (κ1) is 14.1. The zero-order valence-electron chi connectivity index (χ0n) is 9.87. The number of carbonyl (C=O) groups is 1. The second-order valence-electron chi connectivity index (χ2n) is 3.43. The quantitative estimate of drug-likeness (QED) is 0.864. The Morgan fingerprint density at radius 2 is 2.06 bits per heavy atom. The minimum atomic E-state index is -0.500. The zero-order chi connectivity index (χ0) is 12.3. The largest absolute Gasteiger partial charge is 0.461 e. The Hall–Kier alpha value is -2.01. The Balaban J connectivity index is 0.00000162. The Bertz CT molecular complexity index is 525. The highest BCUT2D eigenvalue weighted by Gasteiger charge is 2.16. The van der Waals surface area contributed by atoms with E-state index < -0.39 is 5.97 Å². The first-order valence-corrected chi connectivity index (χ1v) is 5.30. The molecule has 0 atom stereocenters. The molecule has 0 radical (unpaired) electrons. The summed E-state index contributed by atoms with van der Waals surface area (Å²) in [4.78, 5) is 11.5. The summed E-state index contributed by atoms with van der Waals surface area (Å²) in [6.45, 7) is 2.04. The SMILES string of the molecule is CCOC(=O)c1nn(-c2ccccc2)cc1N.Cl. The van der Waals surface area contributed by atoms with Crippen molar-refractivity contribution in [2.45, 2.75) is 6.92 Å². The normalized spacial score (nSPS) is 9.61. The molecule has 1 heterocycles. The average Bonchev–Trinajstić information content (AvgIpc) is 2.73. The minimum absolute atomic E-state index is 0. The van der Waals surface area contributed by atoms with Gasteiger partial charge in [0.05, 0.1) is 24.2 Å². The Morgan fingerprint density at radius 3 is 2.67 bits per heavy atom. The number of nitrogen functional groups attached to an aromatic ring is 1. The van der Waals surface area contributed by atoms with Crippen LogP contribution in [0.25, 0.3) is 5.69 Å². The number of anilines is 1. The van der Waals surface area contributed by atoms with Crippen molar-refractivity contribution < 1.29 is 9.53 Å². The van der Waals surface area contributed by atoms with Crippen molar-refractivity contribution in [3.8, 4) is 5.69 Å². The van der Waals surface area contributed by atoms with Crippen molar-refractivity contribution in [2.24, 2.45) is 0 Å². The maximum atomic E-state index is 11.5. The monoisotopic (exact) mass is 267 g/mol. The van der Waals surface area contributed by atoms with E-state index in [2.05, 4.69) is 5.10 Å². The van der Waals surface area contributed by atoms with E-state index in [9.17, 15) is 4.79 Å². The smallest absolute Gasteiger partial charge is 0.361 e. The molecule has 0 aliphatic carbocycles. The number of halogens is 1. The predicted molar refractivity (Wildman–Crippen MR) is 71.2 cm³/mol. The van der Waals surface area contributed by atoms with Crippen LogP contribution in [-0.4, -0.2) is 22.4 Å². The molecule has 0 spiro atoms. The third-order valence-corrected chi connectivity index (χ3v) is 2.23. The maximum Gasteiger partial charge on any atom is 0.361 e. The van der Waals surface area contributed by atoms with Crippen LogP contribution in [0.2, 0.25) is 0 Å². The van der Waals surface area contributed by atoms with E-state index in [1.54, 1.807) is 17.8 Å². The van der Waals surface area contributed by atoms with Crippen molar-refractivity contribution in [1.29, 1.82) is 0 Å². The Kier molecular flexibility index (Phi) is 4.74. The third-order valence-electron chi connectivity index (χ3n) is 2.23. The van der Waals surface area contributed by atoms with Crippen LogP contribution in [0.5, 0.6) is 0 Å². The van der Waals surface area contributed by atoms with Crippen LogP contribution < -0.4 is 5.73 Å². The summed E-state index contributed by atoms with van der Waals surface area (Å²) in [5.74, 6) is -0.500. The van der Waals surface area contributed by atoms with Crippen molar-refractivity contribution in [2.75, 3.05) is 12.3 Å². The summed E-state index contributed by atoms with van der Waals surface area (Å²) >= 11 is 0. The van der Waals surface area contributed by atoms with Crippen LogP contribution >= 0.6 is 12.4 Å². The molecule has 0 saturated heterocycles. The van der Waals surface area contributed by atoms with Crippen molar-refractivity contribution in [1.82, 2.24) is 9.78 Å². The molecule has 0 saturated carbocycles. The Labute approximate surface area is 111 Å². The number of hydrogen-bond acceptors (Lipinski definition) is 4. The number of nitrogens with zero attached hydrogens (tertiary/aromatic N) is 2. The van der Waals surface area contributed by atoms with Gasteiger partial charge in [0.2, 0.25) is 0 Å². The first-order valence-electron chi connectivity index (χ1n) is 5.30. The maximum absolute atomic E-state index is 11.5. The lowest BCUT2D eigenvalue weighted by molar-refractivity contribution is 0.0520. The zero-order valence-corrected chi connectivity index (χ0v) is 10.7. The molecule has 0 amide bonds. The summed E-state index contributed by atoms with van der Waals surface area (Å²) in [6.07, 6.45) is 1.60. The van der Waals surface area contributed by atoms with Crippen LogP contribution in [0, 0.1) is 0 Å². The van der Waals surface area contributed by atoms with Crippen LogP contribution in [0.3, 0.4) is 0 Å². The molecule has 1 aromatic heterocycles. The second-order valence-corrected chi connectivity index (χ2v) is 3.43. The van der Waals surface area contributed by atoms with E-state index in [0.29, 0.717) is 12.3 Å². The van der Waals surface area contributed by atoms with Crippen LogP contribution in [0.4, 0.5) is 5.69 Å². The minimum Gasteiger partial charge on any atom is -0.461 e. The molecule has 0 unspecified atom stereocenters. The molecule has 96 valence electrons. The highest BCUT2D eigenvalue weighted by molar-refractivity contribution is 5.92. The van der Waals surface area contributed by atoms with E-state index in [-0.39, 0.29) is 18.1 Å². The van der Waals surface area contributed by atoms with Crippen LogP contribution in [0.1, 0.15) is 17.4 Å². The second kappa shape index (κ2) is 6.07. The molecule has 5 nitrogen and oxygen atoms in total. The lowest BCUT2D eigenvalue weighted by Gasteiger charge is -1.99. The highest BCUT2D eigenvalue weighted by Crippen LogP contribution is 2.14. The standard InChI is InChI=1S/C12H13N3O2.ClH/c1-2-17-12(16)11-10(13)8-15(14-11)9-6-4-3-5-7-9;/h3-8H,2,13H2,1H3;1H. The number of hydrogen-bond donors (Lipinski definition) is 1. The number of esters is 1. The molecule has 1 aromatic carbocycles. The van der Waals surface area contributed by atoms with E-state index in [1.807, 2.05) is 30.3 Å². The number of nitrogens with two attached hydrogens (primary N) is 1. The fourth-order valence-electron chi connectivity index (χ4n) is 1.46. The number of para-hydroxylation sites is 1. The molecular weight excluding hydrogens is 254 g/mol. The van der Waals surface area contributed by atoms with E-state index in [4.69, 9.17) is 10.5 Å². The van der Waals surface area contributed by atoms with Gasteiger partial charge in [-0.25, -0.2) is 9.48 Å². The molecule has 2 rings (SSSR count). The van der Waals surface area contributed by atoms with Gasteiger partial charge >= 0.3 is 5.97 Å². The van der Waals surface area contributed by atoms with E-state index in [0.717, 1.165) is 5.69 Å². The van der Waals surface area contributed by atoms with E-state index >= 15 is 0 Å². The van der Waals surface area contributed by atoms with Gasteiger partial charge in [-0.05, 0) is 19.1 Å². The van der Waals surface area contributed by atoms with Gasteiger partial charge in [0.25, 0.3) is 0 Å². The number of carbonyl (C=O) groups excluding carboxylic acids is 1. The van der Waals surface area contributed by atoms with Gasteiger partial charge in [0.15, 0.2) is 5.69 Å². The average molecular weight is 268 g/mol. The predicted octanol–water partition coefficient (Wildman–Crippen LogP) is 2.05. The molecule has 0 aliphatic heterocycles. The molecule has 6 heteroatoms. The molecule has 2 N–H and O–H groups in total. The fourth-order valence-corrected chi connectivity index (χ4v) is 1.46. The van der Waals surface area contributed by atoms with Crippen LogP contribution in [0.15, 0.2) is 36.5 Å². The fraction of sp³-hybridized carbons (Fsp3) is 0.167. The molecule has 0 bridgehead atoms. The molecule has 18 heavy (non-hydrogen) atoms. The van der Waals surface area contributed by atoms with Gasteiger partial charge < -0.3 is 10.5 Å². The number of aromatic nitrogens is 2. The van der Waals surface area contributed by atoms with Gasteiger partial charge in [-0.2, -0.15) is 5.10 Å². The summed E-state index contributed by atoms with van der Waals surface area (Å²) < 4.78 is 6.42. The third kappa shape index (κ3) is 2.81. The first-order chi connectivity index (χ1) is 8.22. The van der Waals surface area contributed by atoms with Crippen LogP contribution in [-0.2, 0) is 4.74 Å². The molecular formula is C12H14ClN3O2. The summed E-state index contributed by atoms with van der Waals surface area (Å²) in [6, 6.07) is 9.43. The highest BCUT2D eigenvalue weighted by atomic mass is 35.5.